The molecule has 33 heavy (non-hydrogen) atoms. The van der Waals surface area contributed by atoms with Gasteiger partial charge in [0.2, 0.25) is 5.91 Å². The van der Waals surface area contributed by atoms with Crippen LogP contribution in [0.1, 0.15) is 48.2 Å². The summed E-state index contributed by atoms with van der Waals surface area (Å²) >= 11 is 11.7. The van der Waals surface area contributed by atoms with Crippen molar-refractivity contribution in [2.75, 3.05) is 11.9 Å². The smallest absolute Gasteiger partial charge is 0.250 e. The molecule has 5 nitrogen and oxygen atoms in total. The largest absolute Gasteiger partial charge is 0.344 e. The van der Waals surface area contributed by atoms with E-state index < -0.39 is 0 Å². The van der Waals surface area contributed by atoms with E-state index in [9.17, 15) is 4.79 Å². The number of nitrogens with one attached hydrogen (secondary N) is 1. The van der Waals surface area contributed by atoms with E-state index in [0.29, 0.717) is 16.7 Å². The molecule has 0 atom stereocenters. The molecule has 0 saturated heterocycles. The van der Waals surface area contributed by atoms with Gasteiger partial charge in [-0.2, -0.15) is 5.10 Å². The van der Waals surface area contributed by atoms with Gasteiger partial charge in [0.15, 0.2) is 5.11 Å². The highest BCUT2D eigenvalue weighted by Gasteiger charge is 2.32. The van der Waals surface area contributed by atoms with E-state index >= 15 is 0 Å². The summed E-state index contributed by atoms with van der Waals surface area (Å²) in [7, 11) is 0. The Balaban J connectivity index is 1.44. The van der Waals surface area contributed by atoms with Crippen molar-refractivity contribution in [2.45, 2.75) is 45.1 Å². The maximum atomic E-state index is 13.4. The lowest BCUT2D eigenvalue weighted by molar-refractivity contribution is 0.0779. The van der Waals surface area contributed by atoms with Crippen LogP contribution in [0, 0.1) is 5.92 Å². The first-order chi connectivity index (χ1) is 16.1. The van der Waals surface area contributed by atoms with Crippen molar-refractivity contribution in [2.24, 2.45) is 5.92 Å². The van der Waals surface area contributed by atoms with Gasteiger partial charge >= 0.3 is 0 Å². The second-order valence-electron chi connectivity index (χ2n) is 8.83. The van der Waals surface area contributed by atoms with Crippen LogP contribution in [0.25, 0.3) is 11.3 Å². The summed E-state index contributed by atoms with van der Waals surface area (Å²) in [4.78, 5) is 15.6. The predicted octanol–water partition coefficient (Wildman–Crippen LogP) is 6.18. The zero-order chi connectivity index (χ0) is 22.8. The summed E-state index contributed by atoms with van der Waals surface area (Å²) in [5.41, 5.74) is 4.95. The predicted molar refractivity (Wildman–Crippen MR) is 137 cm³/mol. The molecule has 0 unspecified atom stereocenters. The lowest BCUT2D eigenvalue weighted by Crippen LogP contribution is -2.39. The molecule has 0 amide bonds. The van der Waals surface area contributed by atoms with Gasteiger partial charge in [-0.3, -0.25) is 4.79 Å². The molecule has 1 aromatic heterocycles. The Morgan fingerprint density at radius 3 is 2.48 bits per heavy atom. The molecule has 1 N–H and O–H groups in total. The van der Waals surface area contributed by atoms with Crippen LogP contribution in [-0.2, 0) is 13.0 Å². The van der Waals surface area contributed by atoms with Gasteiger partial charge in [0.1, 0.15) is 0 Å². The molecule has 0 spiro atoms. The number of hydrogen-bond acceptors (Lipinski definition) is 3. The molecule has 1 fully saturated rings. The average Bonchev–Trinajstić information content (AvgIpc) is 3.25. The lowest BCUT2D eigenvalue weighted by atomic mass is 9.88. The van der Waals surface area contributed by atoms with Gasteiger partial charge in [0.05, 0.1) is 11.4 Å². The molecule has 7 heteroatoms. The third-order valence-electron chi connectivity index (χ3n) is 6.65. The normalized spacial score (nSPS) is 16.3. The van der Waals surface area contributed by atoms with E-state index in [1.165, 1.54) is 6.42 Å². The molecule has 5 rings (SSSR count). The van der Waals surface area contributed by atoms with E-state index in [-0.39, 0.29) is 11.8 Å². The molecule has 2 aromatic carbocycles. The first-order valence-electron chi connectivity index (χ1n) is 11.6. The lowest BCUT2D eigenvalue weighted by Gasteiger charge is -2.30. The summed E-state index contributed by atoms with van der Waals surface area (Å²) in [5, 5.41) is 9.55. The highest BCUT2D eigenvalue weighted by atomic mass is 35.5. The van der Waals surface area contributed by atoms with Crippen LogP contribution in [-0.4, -0.2) is 32.2 Å². The fraction of sp³-hybridized carbons (Fsp3) is 0.346. The Kier molecular flexibility index (Phi) is 6.47. The van der Waals surface area contributed by atoms with E-state index in [1.807, 2.05) is 42.5 Å². The Morgan fingerprint density at radius 1 is 1.03 bits per heavy atom. The third kappa shape index (κ3) is 4.68. The molecule has 3 aromatic rings. The van der Waals surface area contributed by atoms with Gasteiger partial charge < -0.3 is 10.2 Å². The highest BCUT2D eigenvalue weighted by molar-refractivity contribution is 7.80. The number of anilines is 1. The number of nitrogens with zero attached hydrogens (tertiary/aromatic N) is 3. The topological polar surface area (TPSA) is 50.2 Å². The van der Waals surface area contributed by atoms with Gasteiger partial charge in [-0.15, -0.1) is 0 Å². The summed E-state index contributed by atoms with van der Waals surface area (Å²) in [6.45, 7) is 1.36. The second kappa shape index (κ2) is 9.65. The Hall–Kier alpha value is -2.70. The molecular formula is C26H27ClN4OS. The fourth-order valence-electron chi connectivity index (χ4n) is 4.86. The number of rotatable bonds is 3. The van der Waals surface area contributed by atoms with E-state index in [1.54, 1.807) is 4.68 Å². The first-order valence-corrected chi connectivity index (χ1v) is 12.4. The summed E-state index contributed by atoms with van der Waals surface area (Å²) in [6, 6.07) is 17.7. The number of aromatic nitrogens is 2. The Labute approximate surface area is 204 Å². The molecular weight excluding hydrogens is 452 g/mol. The Bertz CT molecular complexity index is 1150. The number of halogens is 1. The quantitative estimate of drug-likeness (QED) is 0.455. The van der Waals surface area contributed by atoms with Crippen molar-refractivity contribution >= 4 is 40.5 Å². The van der Waals surface area contributed by atoms with Crippen LogP contribution < -0.4 is 5.32 Å². The van der Waals surface area contributed by atoms with Crippen molar-refractivity contribution in [3.8, 4) is 11.3 Å². The SMILES string of the molecule is O=C(C1CCCCC1)n1nc(-c2ccccc2)c2c1CCN(C(=S)Nc1ccc(Cl)cc1)C2. The van der Waals surface area contributed by atoms with E-state index in [2.05, 4.69) is 22.3 Å². The molecule has 0 radical (unpaired) electrons. The molecule has 170 valence electrons. The zero-order valence-electron chi connectivity index (χ0n) is 18.5. The Morgan fingerprint density at radius 2 is 1.76 bits per heavy atom. The van der Waals surface area contributed by atoms with Gasteiger partial charge in [-0.1, -0.05) is 61.2 Å². The van der Waals surface area contributed by atoms with Gasteiger partial charge in [-0.05, 0) is 49.3 Å². The highest BCUT2D eigenvalue weighted by Crippen LogP contribution is 2.33. The number of hydrogen-bond donors (Lipinski definition) is 1. The van der Waals surface area contributed by atoms with Crippen molar-refractivity contribution in [1.82, 2.24) is 14.7 Å². The fourth-order valence-corrected chi connectivity index (χ4v) is 5.26. The van der Waals surface area contributed by atoms with Crippen molar-refractivity contribution in [3.05, 3.63) is 70.9 Å². The van der Waals surface area contributed by atoms with Crippen molar-refractivity contribution < 1.29 is 4.79 Å². The van der Waals surface area contributed by atoms with Crippen molar-refractivity contribution in [1.29, 1.82) is 0 Å². The summed E-state index contributed by atoms with van der Waals surface area (Å²) < 4.78 is 1.72. The van der Waals surface area contributed by atoms with Gasteiger partial charge in [0.25, 0.3) is 0 Å². The van der Waals surface area contributed by atoms with Crippen LogP contribution in [0.3, 0.4) is 0 Å². The molecule has 0 bridgehead atoms. The van der Waals surface area contributed by atoms with Gasteiger partial charge in [-0.25, -0.2) is 4.68 Å². The monoisotopic (exact) mass is 478 g/mol. The second-order valence-corrected chi connectivity index (χ2v) is 9.66. The number of thiocarbonyl (C=S) groups is 1. The maximum Gasteiger partial charge on any atom is 0.250 e. The number of fused-ring (bicyclic) bond motifs is 1. The third-order valence-corrected chi connectivity index (χ3v) is 7.26. The van der Waals surface area contributed by atoms with Crippen molar-refractivity contribution in [3.63, 3.8) is 0 Å². The zero-order valence-corrected chi connectivity index (χ0v) is 20.0. The number of carbonyl (C=O) groups is 1. The minimum Gasteiger partial charge on any atom is -0.344 e. The average molecular weight is 479 g/mol. The summed E-state index contributed by atoms with van der Waals surface area (Å²) in [5.74, 6) is 0.237. The van der Waals surface area contributed by atoms with Gasteiger partial charge in [0, 0.05) is 47.3 Å². The number of benzene rings is 2. The molecule has 2 heterocycles. The molecule has 1 saturated carbocycles. The van der Waals surface area contributed by atoms with E-state index in [0.717, 1.165) is 66.9 Å². The molecule has 1 aliphatic carbocycles. The van der Waals surface area contributed by atoms with Crippen LogP contribution in [0.4, 0.5) is 5.69 Å². The minimum atomic E-state index is 0.0806. The van der Waals surface area contributed by atoms with Crippen LogP contribution in [0.5, 0.6) is 0 Å². The van der Waals surface area contributed by atoms with E-state index in [4.69, 9.17) is 28.9 Å². The molecule has 2 aliphatic rings. The number of carbonyl (C=O) groups excluding carboxylic acids is 1. The maximum absolute atomic E-state index is 13.4. The van der Waals surface area contributed by atoms with Crippen LogP contribution in [0.15, 0.2) is 54.6 Å². The molecule has 1 aliphatic heterocycles. The van der Waals surface area contributed by atoms with Crippen LogP contribution >= 0.6 is 23.8 Å². The first kappa shape index (κ1) is 22.1. The summed E-state index contributed by atoms with van der Waals surface area (Å²) in [6.07, 6.45) is 6.15. The minimum absolute atomic E-state index is 0.0806. The van der Waals surface area contributed by atoms with Crippen LogP contribution in [0.2, 0.25) is 5.02 Å². The standard InChI is InChI=1S/C26H27ClN4OS/c27-20-11-13-21(14-12-20)28-26(33)30-16-15-23-22(17-30)24(18-7-3-1-4-8-18)29-31(23)25(32)19-9-5-2-6-10-19/h1,3-4,7-8,11-14,19H,2,5-6,9-10,15-17H2,(H,28,33).